The molecule has 0 saturated carbocycles. The number of rotatable bonds is 3. The third-order valence-corrected chi connectivity index (χ3v) is 5.71. The van der Waals surface area contributed by atoms with E-state index in [1.165, 1.54) is 23.2 Å². The van der Waals surface area contributed by atoms with E-state index < -0.39 is 0 Å². The number of benzene rings is 1. The van der Waals surface area contributed by atoms with Gasteiger partial charge in [-0.1, -0.05) is 12.1 Å². The van der Waals surface area contributed by atoms with E-state index >= 15 is 0 Å². The number of pyridine rings is 1. The van der Waals surface area contributed by atoms with Gasteiger partial charge in [-0.25, -0.2) is 0 Å². The highest BCUT2D eigenvalue weighted by Gasteiger charge is 2.37. The molecule has 1 N–H and O–H groups in total. The summed E-state index contributed by atoms with van der Waals surface area (Å²) in [4.78, 5) is 11.6. The van der Waals surface area contributed by atoms with Gasteiger partial charge >= 0.3 is 0 Å². The Morgan fingerprint density at radius 3 is 3.00 bits per heavy atom. The lowest BCUT2D eigenvalue weighted by Crippen LogP contribution is -2.43. The molecule has 0 aliphatic carbocycles. The molecule has 0 amide bonds. The lowest BCUT2D eigenvalue weighted by molar-refractivity contribution is 0.580. The number of aromatic nitrogens is 1. The first kappa shape index (κ1) is 15.8. The molecule has 0 spiro atoms. The van der Waals surface area contributed by atoms with Crippen LogP contribution in [0.15, 0.2) is 59.4 Å². The fourth-order valence-corrected chi connectivity index (χ4v) is 4.47. The molecule has 3 aliphatic rings. The second kappa shape index (κ2) is 6.69. The smallest absolute Gasteiger partial charge is 0.0694 e. The number of aliphatic imine (C=N–C) groups is 1. The summed E-state index contributed by atoms with van der Waals surface area (Å²) in [6.07, 6.45) is 9.54. The molecule has 3 aliphatic heterocycles. The van der Waals surface area contributed by atoms with E-state index in [1.807, 2.05) is 18.5 Å². The van der Waals surface area contributed by atoms with E-state index in [1.54, 1.807) is 0 Å². The maximum absolute atomic E-state index is 4.80. The number of hydrogen-bond acceptors (Lipinski definition) is 4. The summed E-state index contributed by atoms with van der Waals surface area (Å²) in [6, 6.07) is 14.4. The topological polar surface area (TPSA) is 40.5 Å². The minimum absolute atomic E-state index is 0.658. The molecule has 4 nitrogen and oxygen atoms in total. The molecule has 1 aromatic heterocycles. The Bertz CT molecular complexity index is 855. The lowest BCUT2D eigenvalue weighted by Gasteiger charge is -2.29. The molecule has 2 atom stereocenters. The Morgan fingerprint density at radius 1 is 1.19 bits per heavy atom. The number of anilines is 1. The second-order valence-electron chi connectivity index (χ2n) is 7.49. The molecule has 5 rings (SSSR count). The number of allylic oxidation sites excluding steroid dienone is 1. The minimum atomic E-state index is 0.658. The van der Waals surface area contributed by atoms with Crippen LogP contribution in [0.4, 0.5) is 5.69 Å². The van der Waals surface area contributed by atoms with Crippen LogP contribution in [-0.2, 0) is 0 Å². The average Bonchev–Trinajstić information content (AvgIpc) is 3.33. The van der Waals surface area contributed by atoms with Crippen molar-refractivity contribution >= 4 is 17.5 Å². The van der Waals surface area contributed by atoms with Crippen LogP contribution in [0, 0.1) is 0 Å². The zero-order chi connectivity index (χ0) is 17.3. The predicted molar refractivity (Wildman–Crippen MR) is 107 cm³/mol. The van der Waals surface area contributed by atoms with Gasteiger partial charge in [0.2, 0.25) is 0 Å². The summed E-state index contributed by atoms with van der Waals surface area (Å²) in [5.74, 6) is 0. The predicted octanol–water partition coefficient (Wildman–Crippen LogP) is 3.30. The van der Waals surface area contributed by atoms with Crippen molar-refractivity contribution in [1.82, 2.24) is 10.3 Å². The molecule has 2 aromatic rings. The Kier molecular flexibility index (Phi) is 4.06. The number of hydrogen-bond donors (Lipinski definition) is 1. The van der Waals surface area contributed by atoms with Crippen LogP contribution in [0.1, 0.15) is 30.4 Å². The molecule has 2 fully saturated rings. The average molecular weight is 344 g/mol. The van der Waals surface area contributed by atoms with Crippen molar-refractivity contribution in [2.24, 2.45) is 4.99 Å². The third-order valence-electron chi connectivity index (χ3n) is 5.71. The van der Waals surface area contributed by atoms with Gasteiger partial charge in [-0.15, -0.1) is 0 Å². The van der Waals surface area contributed by atoms with E-state index in [0.717, 1.165) is 43.8 Å². The van der Waals surface area contributed by atoms with Gasteiger partial charge in [0.1, 0.15) is 0 Å². The van der Waals surface area contributed by atoms with Gasteiger partial charge in [-0.2, -0.15) is 0 Å². The van der Waals surface area contributed by atoms with Gasteiger partial charge in [-0.3, -0.25) is 9.98 Å². The first-order valence-corrected chi connectivity index (χ1v) is 9.63. The van der Waals surface area contributed by atoms with E-state index in [2.05, 4.69) is 51.6 Å². The van der Waals surface area contributed by atoms with Crippen LogP contribution in [-0.4, -0.2) is 42.4 Å². The molecule has 4 heteroatoms. The first-order chi connectivity index (χ1) is 12.9. The normalized spacial score (nSPS) is 26.4. The standard InChI is InChI=1S/C22H24N4/c1-4-16(11-20(7-1)26-15-19-12-21(26)14-25-19)10-17-5-3-9-24-22(17)18-6-2-8-23-13-18/h1-2,4,6-8,10-11,13,19,21,25H,3,5,9,12,14-15H2. The summed E-state index contributed by atoms with van der Waals surface area (Å²) < 4.78 is 0. The number of fused-ring (bicyclic) bond motifs is 2. The molecule has 0 radical (unpaired) electrons. The van der Waals surface area contributed by atoms with Gasteiger partial charge in [-0.05, 0) is 60.7 Å². The molecule has 1 aromatic carbocycles. The molecule has 2 unspecified atom stereocenters. The van der Waals surface area contributed by atoms with Crippen LogP contribution in [0.2, 0.25) is 0 Å². The van der Waals surface area contributed by atoms with Crippen molar-refractivity contribution in [3.63, 3.8) is 0 Å². The largest absolute Gasteiger partial charge is 0.366 e. The fraction of sp³-hybridized carbons (Fsp3) is 0.364. The summed E-state index contributed by atoms with van der Waals surface area (Å²) in [5, 5.41) is 3.58. The van der Waals surface area contributed by atoms with Crippen molar-refractivity contribution in [3.05, 3.63) is 65.5 Å². The van der Waals surface area contributed by atoms with E-state index in [4.69, 9.17) is 4.99 Å². The van der Waals surface area contributed by atoms with Crippen LogP contribution in [0.5, 0.6) is 0 Å². The van der Waals surface area contributed by atoms with Crippen LogP contribution >= 0.6 is 0 Å². The van der Waals surface area contributed by atoms with Crippen molar-refractivity contribution in [2.75, 3.05) is 24.5 Å². The highest BCUT2D eigenvalue weighted by molar-refractivity contribution is 6.15. The zero-order valence-electron chi connectivity index (χ0n) is 14.9. The highest BCUT2D eigenvalue weighted by atomic mass is 15.3. The SMILES string of the molecule is C(=C1CCCN=C1c1cccnc1)c1cccc(N2CC3CC2CN3)c1. The van der Waals surface area contributed by atoms with Crippen molar-refractivity contribution in [2.45, 2.75) is 31.3 Å². The quantitative estimate of drug-likeness (QED) is 0.929. The van der Waals surface area contributed by atoms with E-state index in [-0.39, 0.29) is 0 Å². The Balaban J connectivity index is 1.45. The third kappa shape index (κ3) is 2.95. The molecule has 2 saturated heterocycles. The maximum atomic E-state index is 4.80. The maximum Gasteiger partial charge on any atom is 0.0694 e. The number of nitrogens with one attached hydrogen (secondary N) is 1. The second-order valence-corrected chi connectivity index (χ2v) is 7.49. The number of nitrogens with zero attached hydrogens (tertiary/aromatic N) is 3. The molecule has 26 heavy (non-hydrogen) atoms. The summed E-state index contributed by atoms with van der Waals surface area (Å²) >= 11 is 0. The lowest BCUT2D eigenvalue weighted by atomic mass is 9.95. The molecular formula is C22H24N4. The van der Waals surface area contributed by atoms with Gasteiger partial charge in [0.15, 0.2) is 0 Å². The highest BCUT2D eigenvalue weighted by Crippen LogP contribution is 2.30. The van der Waals surface area contributed by atoms with Crippen molar-refractivity contribution < 1.29 is 0 Å². The Morgan fingerprint density at radius 2 is 2.19 bits per heavy atom. The van der Waals surface area contributed by atoms with Crippen LogP contribution < -0.4 is 10.2 Å². The van der Waals surface area contributed by atoms with Crippen molar-refractivity contribution in [3.8, 4) is 0 Å². The fourth-order valence-electron chi connectivity index (χ4n) is 4.47. The minimum Gasteiger partial charge on any atom is -0.366 e. The molecular weight excluding hydrogens is 320 g/mol. The summed E-state index contributed by atoms with van der Waals surface area (Å²) in [6.45, 7) is 3.16. The van der Waals surface area contributed by atoms with E-state index in [9.17, 15) is 0 Å². The Labute approximate surface area is 154 Å². The summed E-state index contributed by atoms with van der Waals surface area (Å²) in [7, 11) is 0. The van der Waals surface area contributed by atoms with Crippen molar-refractivity contribution in [1.29, 1.82) is 0 Å². The molecule has 4 heterocycles. The van der Waals surface area contributed by atoms with Gasteiger partial charge in [0, 0.05) is 55.4 Å². The zero-order valence-corrected chi connectivity index (χ0v) is 14.9. The van der Waals surface area contributed by atoms with Gasteiger partial charge in [0.25, 0.3) is 0 Å². The number of piperazine rings is 1. The monoisotopic (exact) mass is 344 g/mol. The first-order valence-electron chi connectivity index (χ1n) is 9.63. The van der Waals surface area contributed by atoms with Gasteiger partial charge < -0.3 is 10.2 Å². The summed E-state index contributed by atoms with van der Waals surface area (Å²) in [5.41, 5.74) is 6.18. The van der Waals surface area contributed by atoms with Crippen LogP contribution in [0.25, 0.3) is 6.08 Å². The molecule has 2 bridgehead atoms. The van der Waals surface area contributed by atoms with Crippen LogP contribution in [0.3, 0.4) is 0 Å². The Hall–Kier alpha value is -2.46. The van der Waals surface area contributed by atoms with E-state index in [0.29, 0.717) is 12.1 Å². The molecule has 132 valence electrons. The van der Waals surface area contributed by atoms with Gasteiger partial charge in [0.05, 0.1) is 5.71 Å².